The van der Waals surface area contributed by atoms with Gasteiger partial charge in [-0.1, -0.05) is 37.3 Å². The molecule has 1 aromatic carbocycles. The molecule has 1 aliphatic carbocycles. The highest BCUT2D eigenvalue weighted by Crippen LogP contribution is 2.30. The van der Waals surface area contributed by atoms with E-state index in [9.17, 15) is 4.79 Å². The molecule has 26 heavy (non-hydrogen) atoms. The summed E-state index contributed by atoms with van der Waals surface area (Å²) in [7, 11) is 0. The van der Waals surface area contributed by atoms with Crippen molar-refractivity contribution in [3.63, 3.8) is 0 Å². The zero-order chi connectivity index (χ0) is 18.1. The van der Waals surface area contributed by atoms with E-state index in [1.165, 1.54) is 11.1 Å². The number of benzene rings is 1. The molecule has 2 heterocycles. The molecular weight excluding hydrogens is 324 g/mol. The number of rotatable bonds is 5. The van der Waals surface area contributed by atoms with Crippen molar-refractivity contribution >= 4 is 0 Å². The predicted molar refractivity (Wildman–Crippen MR) is 101 cm³/mol. The molecule has 134 valence electrons. The first-order valence-corrected chi connectivity index (χ1v) is 9.33. The molecule has 0 spiro atoms. The lowest BCUT2D eigenvalue weighted by atomic mass is 10.1. The van der Waals surface area contributed by atoms with Crippen LogP contribution in [0.15, 0.2) is 47.3 Å². The van der Waals surface area contributed by atoms with E-state index >= 15 is 0 Å². The first kappa shape index (κ1) is 16.8. The summed E-state index contributed by atoms with van der Waals surface area (Å²) < 4.78 is 3.93. The van der Waals surface area contributed by atoms with Gasteiger partial charge >= 0.3 is 0 Å². The Kier molecular flexibility index (Phi) is 4.45. The summed E-state index contributed by atoms with van der Waals surface area (Å²) in [4.78, 5) is 16.9. The van der Waals surface area contributed by atoms with Gasteiger partial charge in [0.1, 0.15) is 5.82 Å². The lowest BCUT2D eigenvalue weighted by Crippen LogP contribution is -2.23. The van der Waals surface area contributed by atoms with Gasteiger partial charge < -0.3 is 4.57 Å². The Morgan fingerprint density at radius 1 is 1.08 bits per heavy atom. The van der Waals surface area contributed by atoms with Crippen LogP contribution in [0.4, 0.5) is 0 Å². The van der Waals surface area contributed by atoms with Crippen molar-refractivity contribution in [1.82, 2.24) is 19.3 Å². The molecule has 0 bridgehead atoms. The van der Waals surface area contributed by atoms with Gasteiger partial charge in [-0.25, -0.2) is 9.67 Å². The van der Waals surface area contributed by atoms with Gasteiger partial charge in [-0.3, -0.25) is 4.79 Å². The molecule has 0 saturated carbocycles. The van der Waals surface area contributed by atoms with E-state index in [1.54, 1.807) is 6.07 Å². The summed E-state index contributed by atoms with van der Waals surface area (Å²) in [5.41, 5.74) is 3.84. The fourth-order valence-electron chi connectivity index (χ4n) is 3.85. The molecule has 2 aromatic heterocycles. The fourth-order valence-corrected chi connectivity index (χ4v) is 3.85. The molecule has 0 N–H and O–H groups in total. The van der Waals surface area contributed by atoms with Crippen molar-refractivity contribution in [1.29, 1.82) is 0 Å². The molecule has 4 rings (SSSR count). The number of hydrogen-bond acceptors (Lipinski definition) is 3. The van der Waals surface area contributed by atoms with Crippen LogP contribution in [-0.2, 0) is 32.2 Å². The molecular formula is C21H24N4O. The Balaban J connectivity index is 1.59. The van der Waals surface area contributed by atoms with Crippen molar-refractivity contribution in [3.05, 3.63) is 81.3 Å². The third-order valence-electron chi connectivity index (χ3n) is 5.26. The lowest BCUT2D eigenvalue weighted by Gasteiger charge is -2.14. The van der Waals surface area contributed by atoms with Crippen LogP contribution in [0.2, 0.25) is 0 Å². The van der Waals surface area contributed by atoms with Crippen molar-refractivity contribution in [2.45, 2.75) is 52.1 Å². The molecule has 3 aromatic rings. The van der Waals surface area contributed by atoms with Gasteiger partial charge in [0, 0.05) is 31.1 Å². The van der Waals surface area contributed by atoms with E-state index < -0.39 is 0 Å². The molecule has 0 atom stereocenters. The lowest BCUT2D eigenvalue weighted by molar-refractivity contribution is 0.445. The van der Waals surface area contributed by atoms with Gasteiger partial charge in [-0.2, -0.15) is 5.10 Å². The maximum absolute atomic E-state index is 12.1. The van der Waals surface area contributed by atoms with E-state index in [-0.39, 0.29) is 5.56 Å². The maximum atomic E-state index is 12.1. The third-order valence-corrected chi connectivity index (χ3v) is 5.26. The van der Waals surface area contributed by atoms with Crippen molar-refractivity contribution < 1.29 is 0 Å². The van der Waals surface area contributed by atoms with Crippen LogP contribution in [0.25, 0.3) is 0 Å². The first-order chi connectivity index (χ1) is 12.7. The normalized spacial score (nSPS) is 13.9. The highest BCUT2D eigenvalue weighted by atomic mass is 16.1. The third kappa shape index (κ3) is 3.09. The Morgan fingerprint density at radius 2 is 1.81 bits per heavy atom. The molecule has 0 amide bonds. The molecule has 0 fully saturated rings. The van der Waals surface area contributed by atoms with Gasteiger partial charge in [0.2, 0.25) is 0 Å². The van der Waals surface area contributed by atoms with E-state index in [0.29, 0.717) is 19.0 Å². The van der Waals surface area contributed by atoms with Crippen LogP contribution in [0.1, 0.15) is 41.4 Å². The first-order valence-electron chi connectivity index (χ1n) is 9.33. The van der Waals surface area contributed by atoms with Gasteiger partial charge in [-0.15, -0.1) is 0 Å². The zero-order valence-electron chi connectivity index (χ0n) is 15.4. The Morgan fingerprint density at radius 3 is 2.46 bits per heavy atom. The molecule has 0 aliphatic heterocycles. The Hall–Kier alpha value is -2.69. The maximum Gasteiger partial charge on any atom is 0.250 e. The average Bonchev–Trinajstić information content (AvgIpc) is 3.24. The van der Waals surface area contributed by atoms with Gasteiger partial charge in [-0.05, 0) is 37.0 Å². The topological polar surface area (TPSA) is 52.7 Å². The Bertz CT molecular complexity index is 961. The highest BCUT2D eigenvalue weighted by Gasteiger charge is 2.26. The van der Waals surface area contributed by atoms with E-state index in [0.717, 1.165) is 36.6 Å². The summed E-state index contributed by atoms with van der Waals surface area (Å²) >= 11 is 0. The second-order valence-electron chi connectivity index (χ2n) is 6.98. The molecule has 0 radical (unpaired) electrons. The smallest absolute Gasteiger partial charge is 0.250 e. The minimum absolute atomic E-state index is 0.0417. The summed E-state index contributed by atoms with van der Waals surface area (Å²) in [5, 5.41) is 4.77. The fraction of sp³-hybridized carbons (Fsp3) is 0.381. The molecule has 5 heteroatoms. The second-order valence-corrected chi connectivity index (χ2v) is 6.98. The summed E-state index contributed by atoms with van der Waals surface area (Å²) in [6.45, 7) is 4.68. The van der Waals surface area contributed by atoms with Crippen molar-refractivity contribution in [2.24, 2.45) is 0 Å². The average molecular weight is 348 g/mol. The summed E-state index contributed by atoms with van der Waals surface area (Å²) in [5.74, 6) is 1.86. The van der Waals surface area contributed by atoms with Crippen LogP contribution in [0, 0.1) is 6.92 Å². The number of hydrogen-bond donors (Lipinski definition) is 0. The zero-order valence-corrected chi connectivity index (χ0v) is 15.4. The number of aromatic nitrogens is 4. The van der Waals surface area contributed by atoms with Crippen LogP contribution in [-0.4, -0.2) is 19.3 Å². The summed E-state index contributed by atoms with van der Waals surface area (Å²) in [6.07, 6.45) is 3.54. The van der Waals surface area contributed by atoms with E-state index in [4.69, 9.17) is 10.1 Å². The van der Waals surface area contributed by atoms with Crippen molar-refractivity contribution in [3.8, 4) is 0 Å². The quantitative estimate of drug-likeness (QED) is 0.712. The monoisotopic (exact) mass is 348 g/mol. The van der Waals surface area contributed by atoms with Crippen LogP contribution >= 0.6 is 0 Å². The molecule has 5 nitrogen and oxygen atoms in total. The number of pyridine rings is 1. The van der Waals surface area contributed by atoms with Gasteiger partial charge in [0.05, 0.1) is 6.04 Å². The second kappa shape index (κ2) is 6.90. The SMILES string of the molecule is CCc1nc(CCn2c(C)cccc2=O)n(C2Cc3ccccc3C2)n1. The number of nitrogens with zero attached hydrogens (tertiary/aromatic N) is 4. The number of fused-ring (bicyclic) bond motifs is 1. The van der Waals surface area contributed by atoms with Crippen LogP contribution in [0.5, 0.6) is 0 Å². The largest absolute Gasteiger partial charge is 0.313 e. The predicted octanol–water partition coefficient (Wildman–Crippen LogP) is 2.89. The van der Waals surface area contributed by atoms with Crippen molar-refractivity contribution in [2.75, 3.05) is 0 Å². The summed E-state index contributed by atoms with van der Waals surface area (Å²) in [6, 6.07) is 14.3. The van der Waals surface area contributed by atoms with Crippen LogP contribution < -0.4 is 5.56 Å². The Labute approximate surface area is 153 Å². The molecule has 1 aliphatic rings. The minimum Gasteiger partial charge on any atom is -0.313 e. The molecule has 0 unspecified atom stereocenters. The van der Waals surface area contributed by atoms with Gasteiger partial charge in [0.15, 0.2) is 5.82 Å². The standard InChI is InChI=1S/C21H24N4O/c1-3-19-22-20(11-12-24-15(2)7-6-10-21(24)26)25(23-19)18-13-16-8-4-5-9-17(16)14-18/h4-10,18H,3,11-14H2,1-2H3. The molecule has 0 saturated heterocycles. The number of aryl methyl sites for hydroxylation is 3. The minimum atomic E-state index is 0.0417. The van der Waals surface area contributed by atoms with E-state index in [2.05, 4.69) is 35.9 Å². The van der Waals surface area contributed by atoms with Gasteiger partial charge in [0.25, 0.3) is 5.56 Å². The van der Waals surface area contributed by atoms with E-state index in [1.807, 2.05) is 23.6 Å². The van der Waals surface area contributed by atoms with Crippen LogP contribution in [0.3, 0.4) is 0 Å². The highest BCUT2D eigenvalue weighted by molar-refractivity contribution is 5.32.